The molecule has 1 N–H and O–H groups in total. The van der Waals surface area contributed by atoms with Gasteiger partial charge in [0.05, 0.1) is 5.92 Å². The lowest BCUT2D eigenvalue weighted by Crippen LogP contribution is -2.53. The number of rotatable bonds is 4. The van der Waals surface area contributed by atoms with Crippen LogP contribution in [0.4, 0.5) is 0 Å². The summed E-state index contributed by atoms with van der Waals surface area (Å²) >= 11 is 0. The molecule has 0 radical (unpaired) electrons. The van der Waals surface area contributed by atoms with Crippen molar-refractivity contribution in [3.8, 4) is 0 Å². The zero-order valence-electron chi connectivity index (χ0n) is 10.8. The summed E-state index contributed by atoms with van der Waals surface area (Å²) in [4.78, 5) is 24.3. The van der Waals surface area contributed by atoms with Crippen molar-refractivity contribution in [2.75, 3.05) is 13.1 Å². The van der Waals surface area contributed by atoms with Crippen molar-refractivity contribution >= 4 is 18.0 Å². The van der Waals surface area contributed by atoms with Crippen LogP contribution in [0.2, 0.25) is 0 Å². The van der Waals surface area contributed by atoms with Gasteiger partial charge in [-0.25, -0.2) is 0 Å². The maximum absolute atomic E-state index is 11.8. The van der Waals surface area contributed by atoms with E-state index in [1.165, 1.54) is 6.08 Å². The molecule has 1 aromatic rings. The van der Waals surface area contributed by atoms with Crippen LogP contribution in [0.25, 0.3) is 6.08 Å². The van der Waals surface area contributed by atoms with Crippen LogP contribution < -0.4 is 0 Å². The number of aliphatic carboxylic acids is 1. The lowest BCUT2D eigenvalue weighted by Gasteiger charge is -2.40. The summed E-state index contributed by atoms with van der Waals surface area (Å²) in [6.07, 6.45) is 3.31. The molecule has 1 aliphatic rings. The number of carboxylic acids is 1. The molecule has 1 aliphatic heterocycles. The van der Waals surface area contributed by atoms with Gasteiger partial charge in [0, 0.05) is 25.1 Å². The van der Waals surface area contributed by atoms with Gasteiger partial charge in [0.25, 0.3) is 0 Å². The Balaban J connectivity index is 1.84. The third kappa shape index (κ3) is 3.22. The summed E-state index contributed by atoms with van der Waals surface area (Å²) in [5.41, 5.74) is 0.979. The minimum absolute atomic E-state index is 0.0577. The Morgan fingerprint density at radius 1 is 1.32 bits per heavy atom. The van der Waals surface area contributed by atoms with Crippen molar-refractivity contribution in [1.29, 1.82) is 0 Å². The molecular weight excluding hydrogens is 242 g/mol. The molecule has 0 aromatic heterocycles. The summed E-state index contributed by atoms with van der Waals surface area (Å²) in [5.74, 6) is -1.16. The average molecular weight is 259 g/mol. The number of amides is 1. The van der Waals surface area contributed by atoms with Crippen LogP contribution in [0.1, 0.15) is 12.5 Å². The number of carbonyl (C=O) groups is 2. The van der Waals surface area contributed by atoms with Gasteiger partial charge in [0.1, 0.15) is 0 Å². The molecule has 1 unspecified atom stereocenters. The summed E-state index contributed by atoms with van der Waals surface area (Å²) in [7, 11) is 0. The van der Waals surface area contributed by atoms with E-state index < -0.39 is 5.97 Å². The van der Waals surface area contributed by atoms with Crippen molar-refractivity contribution in [1.82, 2.24) is 4.90 Å². The molecule has 4 heteroatoms. The van der Waals surface area contributed by atoms with Gasteiger partial charge in [0.2, 0.25) is 5.91 Å². The second kappa shape index (κ2) is 5.69. The number of benzene rings is 1. The summed E-state index contributed by atoms with van der Waals surface area (Å²) < 4.78 is 0. The molecule has 1 aromatic carbocycles. The highest BCUT2D eigenvalue weighted by atomic mass is 16.4. The van der Waals surface area contributed by atoms with Gasteiger partial charge in [-0.2, -0.15) is 0 Å². The first-order chi connectivity index (χ1) is 9.08. The largest absolute Gasteiger partial charge is 0.481 e. The van der Waals surface area contributed by atoms with E-state index in [9.17, 15) is 9.59 Å². The van der Waals surface area contributed by atoms with E-state index in [2.05, 4.69) is 0 Å². The second-order valence-corrected chi connectivity index (χ2v) is 4.87. The van der Waals surface area contributed by atoms with E-state index in [0.29, 0.717) is 13.1 Å². The number of carbonyl (C=O) groups excluding carboxylic acids is 1. The number of hydrogen-bond donors (Lipinski definition) is 1. The molecule has 100 valence electrons. The fraction of sp³-hybridized carbons (Fsp3) is 0.333. The average Bonchev–Trinajstić information content (AvgIpc) is 2.35. The highest BCUT2D eigenvalue weighted by molar-refractivity contribution is 5.92. The first-order valence-corrected chi connectivity index (χ1v) is 6.33. The van der Waals surface area contributed by atoms with Crippen LogP contribution >= 0.6 is 0 Å². The van der Waals surface area contributed by atoms with Crippen LogP contribution in [0.5, 0.6) is 0 Å². The van der Waals surface area contributed by atoms with E-state index in [4.69, 9.17) is 5.11 Å². The Morgan fingerprint density at radius 3 is 2.53 bits per heavy atom. The summed E-state index contributed by atoms with van der Waals surface area (Å²) in [6, 6.07) is 9.60. The van der Waals surface area contributed by atoms with E-state index in [1.54, 1.807) is 17.9 Å². The monoisotopic (exact) mass is 259 g/mol. The second-order valence-electron chi connectivity index (χ2n) is 4.87. The lowest BCUT2D eigenvalue weighted by molar-refractivity contribution is -0.148. The maximum Gasteiger partial charge on any atom is 0.306 e. The van der Waals surface area contributed by atoms with E-state index in [1.807, 2.05) is 30.3 Å². The Bertz CT molecular complexity index is 489. The van der Waals surface area contributed by atoms with Crippen LogP contribution in [-0.4, -0.2) is 35.0 Å². The first kappa shape index (κ1) is 13.3. The van der Waals surface area contributed by atoms with Gasteiger partial charge >= 0.3 is 5.97 Å². The lowest BCUT2D eigenvalue weighted by atomic mass is 9.87. The molecule has 0 bridgehead atoms. The predicted molar refractivity (Wildman–Crippen MR) is 72.3 cm³/mol. The van der Waals surface area contributed by atoms with Crippen LogP contribution in [0, 0.1) is 11.8 Å². The fourth-order valence-corrected chi connectivity index (χ4v) is 2.05. The van der Waals surface area contributed by atoms with E-state index in [-0.39, 0.29) is 17.7 Å². The third-order valence-corrected chi connectivity index (χ3v) is 3.54. The molecule has 0 aliphatic carbocycles. The van der Waals surface area contributed by atoms with Crippen molar-refractivity contribution in [3.05, 3.63) is 42.0 Å². The Labute approximate surface area is 112 Å². The predicted octanol–water partition coefficient (Wildman–Crippen LogP) is 1.88. The van der Waals surface area contributed by atoms with E-state index >= 15 is 0 Å². The van der Waals surface area contributed by atoms with Crippen molar-refractivity contribution in [2.45, 2.75) is 6.92 Å². The molecule has 0 saturated carbocycles. The minimum Gasteiger partial charge on any atom is -0.481 e. The smallest absolute Gasteiger partial charge is 0.306 e. The van der Waals surface area contributed by atoms with Gasteiger partial charge in [-0.3, -0.25) is 9.59 Å². The Morgan fingerprint density at radius 2 is 1.95 bits per heavy atom. The Kier molecular flexibility index (Phi) is 4.00. The molecule has 0 spiro atoms. The van der Waals surface area contributed by atoms with Crippen molar-refractivity contribution in [2.24, 2.45) is 11.8 Å². The van der Waals surface area contributed by atoms with Gasteiger partial charge in [-0.15, -0.1) is 0 Å². The molecular formula is C15H17NO3. The van der Waals surface area contributed by atoms with Gasteiger partial charge in [-0.05, 0) is 11.6 Å². The molecule has 1 heterocycles. The number of carboxylic acid groups (broad SMARTS) is 1. The van der Waals surface area contributed by atoms with Crippen LogP contribution in [0.3, 0.4) is 0 Å². The zero-order chi connectivity index (χ0) is 13.8. The highest BCUT2D eigenvalue weighted by Crippen LogP contribution is 2.24. The topological polar surface area (TPSA) is 57.6 Å². The molecule has 1 amide bonds. The quantitative estimate of drug-likeness (QED) is 0.840. The third-order valence-electron chi connectivity index (χ3n) is 3.54. The molecule has 1 saturated heterocycles. The first-order valence-electron chi connectivity index (χ1n) is 6.33. The summed E-state index contributed by atoms with van der Waals surface area (Å²) in [6.45, 7) is 2.76. The van der Waals surface area contributed by atoms with Gasteiger partial charge in [0.15, 0.2) is 0 Å². The fourth-order valence-electron chi connectivity index (χ4n) is 2.05. The van der Waals surface area contributed by atoms with Crippen LogP contribution in [-0.2, 0) is 9.59 Å². The van der Waals surface area contributed by atoms with Crippen molar-refractivity contribution < 1.29 is 14.7 Å². The van der Waals surface area contributed by atoms with Crippen LogP contribution in [0.15, 0.2) is 36.4 Å². The maximum atomic E-state index is 11.8. The van der Waals surface area contributed by atoms with Gasteiger partial charge < -0.3 is 10.0 Å². The number of hydrogen-bond acceptors (Lipinski definition) is 2. The highest BCUT2D eigenvalue weighted by Gasteiger charge is 2.36. The molecule has 1 atom stereocenters. The summed E-state index contributed by atoms with van der Waals surface area (Å²) in [5, 5.41) is 8.88. The molecule has 19 heavy (non-hydrogen) atoms. The molecule has 4 nitrogen and oxygen atoms in total. The number of likely N-dealkylation sites (tertiary alicyclic amines) is 1. The normalized spacial score (nSPS) is 17.2. The zero-order valence-corrected chi connectivity index (χ0v) is 10.8. The van der Waals surface area contributed by atoms with E-state index in [0.717, 1.165) is 5.56 Å². The SMILES string of the molecule is CC(C(=O)O)C1CN(C(=O)/C=C/c2ccccc2)C1. The molecule has 1 fully saturated rings. The molecule has 2 rings (SSSR count). The minimum atomic E-state index is -0.795. The standard InChI is InChI=1S/C15H17NO3/c1-11(15(18)19)13-9-16(10-13)14(17)8-7-12-5-3-2-4-6-12/h2-8,11,13H,9-10H2,1H3,(H,18,19)/b8-7+. The Hall–Kier alpha value is -2.10. The van der Waals surface area contributed by atoms with Gasteiger partial charge in [-0.1, -0.05) is 37.3 Å². The number of nitrogens with zero attached hydrogens (tertiary/aromatic N) is 1. The van der Waals surface area contributed by atoms with Crippen molar-refractivity contribution in [3.63, 3.8) is 0 Å².